The van der Waals surface area contributed by atoms with Crippen LogP contribution in [0.5, 0.6) is 0 Å². The SMILES string of the molecule is Cc1cccc(C(=O)Nc2nc(C)c(C)s2)c1C. The van der Waals surface area contributed by atoms with Crippen molar-refractivity contribution in [2.24, 2.45) is 0 Å². The Hall–Kier alpha value is -1.68. The molecule has 1 aromatic carbocycles. The first-order chi connectivity index (χ1) is 8.49. The van der Waals surface area contributed by atoms with E-state index in [1.807, 2.05) is 45.9 Å². The second kappa shape index (κ2) is 4.90. The van der Waals surface area contributed by atoms with E-state index in [1.54, 1.807) is 0 Å². The molecular formula is C14H16N2OS. The third-order valence-corrected chi connectivity index (χ3v) is 4.09. The third-order valence-electron chi connectivity index (χ3n) is 3.10. The molecule has 94 valence electrons. The van der Waals surface area contributed by atoms with Crippen molar-refractivity contribution in [1.82, 2.24) is 4.98 Å². The second-order valence-corrected chi connectivity index (χ2v) is 5.57. The number of anilines is 1. The van der Waals surface area contributed by atoms with E-state index in [1.165, 1.54) is 11.3 Å². The summed E-state index contributed by atoms with van der Waals surface area (Å²) in [5, 5.41) is 3.52. The number of carbonyl (C=O) groups is 1. The molecule has 0 aliphatic heterocycles. The normalized spacial score (nSPS) is 10.4. The van der Waals surface area contributed by atoms with Gasteiger partial charge >= 0.3 is 0 Å². The molecule has 0 radical (unpaired) electrons. The van der Waals surface area contributed by atoms with Crippen LogP contribution in [-0.2, 0) is 0 Å². The highest BCUT2D eigenvalue weighted by molar-refractivity contribution is 7.15. The Morgan fingerprint density at radius 3 is 2.56 bits per heavy atom. The fourth-order valence-electron chi connectivity index (χ4n) is 1.69. The molecule has 2 aromatic rings. The highest BCUT2D eigenvalue weighted by atomic mass is 32.1. The fraction of sp³-hybridized carbons (Fsp3) is 0.286. The van der Waals surface area contributed by atoms with Crippen molar-refractivity contribution in [2.75, 3.05) is 5.32 Å². The number of hydrogen-bond acceptors (Lipinski definition) is 3. The van der Waals surface area contributed by atoms with Gasteiger partial charge in [0, 0.05) is 10.4 Å². The first-order valence-corrected chi connectivity index (χ1v) is 6.62. The zero-order chi connectivity index (χ0) is 13.3. The van der Waals surface area contributed by atoms with Crippen LogP contribution in [0.25, 0.3) is 0 Å². The second-order valence-electron chi connectivity index (χ2n) is 4.36. The molecule has 1 aromatic heterocycles. The molecule has 1 amide bonds. The summed E-state index contributed by atoms with van der Waals surface area (Å²) >= 11 is 1.50. The smallest absolute Gasteiger partial charge is 0.257 e. The lowest BCUT2D eigenvalue weighted by Crippen LogP contribution is -2.13. The Kier molecular flexibility index (Phi) is 3.48. The van der Waals surface area contributed by atoms with Crippen molar-refractivity contribution < 1.29 is 4.79 Å². The molecule has 3 nitrogen and oxygen atoms in total. The number of hydrogen-bond donors (Lipinski definition) is 1. The van der Waals surface area contributed by atoms with Crippen LogP contribution in [0.15, 0.2) is 18.2 Å². The number of thiazole rings is 1. The Morgan fingerprint density at radius 1 is 1.22 bits per heavy atom. The van der Waals surface area contributed by atoms with Crippen molar-refractivity contribution in [3.05, 3.63) is 45.5 Å². The predicted octanol–water partition coefficient (Wildman–Crippen LogP) is 3.63. The van der Waals surface area contributed by atoms with Gasteiger partial charge in [0.1, 0.15) is 0 Å². The van der Waals surface area contributed by atoms with Gasteiger partial charge in [-0.05, 0) is 44.9 Å². The first kappa shape index (κ1) is 12.8. The van der Waals surface area contributed by atoms with Crippen LogP contribution in [0.3, 0.4) is 0 Å². The molecule has 0 bridgehead atoms. The van der Waals surface area contributed by atoms with Crippen LogP contribution >= 0.6 is 11.3 Å². The van der Waals surface area contributed by atoms with E-state index in [-0.39, 0.29) is 5.91 Å². The van der Waals surface area contributed by atoms with Gasteiger partial charge in [-0.15, -0.1) is 11.3 Å². The maximum Gasteiger partial charge on any atom is 0.257 e. The lowest BCUT2D eigenvalue weighted by atomic mass is 10.0. The van der Waals surface area contributed by atoms with Gasteiger partial charge in [-0.25, -0.2) is 4.98 Å². The fourth-order valence-corrected chi connectivity index (χ4v) is 2.50. The standard InChI is InChI=1S/C14H16N2OS/c1-8-6-5-7-12(9(8)2)13(17)16-14-15-10(3)11(4)18-14/h5-7H,1-4H3,(H,15,16,17). The summed E-state index contributed by atoms with van der Waals surface area (Å²) in [6.07, 6.45) is 0. The number of carbonyl (C=O) groups excluding carboxylic acids is 1. The number of amides is 1. The molecule has 0 unspecified atom stereocenters. The third kappa shape index (κ3) is 2.43. The molecule has 18 heavy (non-hydrogen) atoms. The minimum atomic E-state index is -0.0926. The van der Waals surface area contributed by atoms with Gasteiger partial charge in [0.25, 0.3) is 5.91 Å². The molecule has 2 rings (SSSR count). The highest BCUT2D eigenvalue weighted by Gasteiger charge is 2.12. The minimum Gasteiger partial charge on any atom is -0.298 e. The number of aryl methyl sites for hydroxylation is 3. The van der Waals surface area contributed by atoms with Gasteiger partial charge in [0.15, 0.2) is 5.13 Å². The van der Waals surface area contributed by atoms with Crippen molar-refractivity contribution >= 4 is 22.4 Å². The summed E-state index contributed by atoms with van der Waals surface area (Å²) in [5.41, 5.74) is 3.81. The molecule has 1 N–H and O–H groups in total. The molecule has 0 spiro atoms. The Labute approximate surface area is 111 Å². The largest absolute Gasteiger partial charge is 0.298 e. The monoisotopic (exact) mass is 260 g/mol. The summed E-state index contributed by atoms with van der Waals surface area (Å²) in [6, 6.07) is 5.74. The topological polar surface area (TPSA) is 42.0 Å². The molecule has 0 aliphatic carbocycles. The van der Waals surface area contributed by atoms with E-state index >= 15 is 0 Å². The molecule has 4 heteroatoms. The van der Waals surface area contributed by atoms with E-state index in [9.17, 15) is 4.79 Å². The van der Waals surface area contributed by atoms with Crippen LogP contribution in [0, 0.1) is 27.7 Å². The highest BCUT2D eigenvalue weighted by Crippen LogP contribution is 2.22. The zero-order valence-electron chi connectivity index (χ0n) is 11.0. The van der Waals surface area contributed by atoms with Crippen molar-refractivity contribution in [3.8, 4) is 0 Å². The number of nitrogens with zero attached hydrogens (tertiary/aromatic N) is 1. The first-order valence-electron chi connectivity index (χ1n) is 5.80. The van der Waals surface area contributed by atoms with Crippen molar-refractivity contribution in [1.29, 1.82) is 0 Å². The van der Waals surface area contributed by atoms with Gasteiger partial charge < -0.3 is 0 Å². The number of aromatic nitrogens is 1. The Morgan fingerprint density at radius 2 is 1.94 bits per heavy atom. The van der Waals surface area contributed by atoms with E-state index < -0.39 is 0 Å². The maximum absolute atomic E-state index is 12.2. The average Bonchev–Trinajstić information content (AvgIpc) is 2.61. The summed E-state index contributed by atoms with van der Waals surface area (Å²) < 4.78 is 0. The molecule has 0 fully saturated rings. The summed E-state index contributed by atoms with van der Waals surface area (Å²) in [4.78, 5) is 17.6. The average molecular weight is 260 g/mol. The van der Waals surface area contributed by atoms with E-state index in [0.29, 0.717) is 10.7 Å². The summed E-state index contributed by atoms with van der Waals surface area (Å²) in [6.45, 7) is 7.91. The summed E-state index contributed by atoms with van der Waals surface area (Å²) in [5.74, 6) is -0.0926. The molecule has 1 heterocycles. The van der Waals surface area contributed by atoms with Crippen LogP contribution in [0.2, 0.25) is 0 Å². The van der Waals surface area contributed by atoms with Crippen LogP contribution < -0.4 is 5.32 Å². The van der Waals surface area contributed by atoms with Gasteiger partial charge in [0.05, 0.1) is 5.69 Å². The number of benzene rings is 1. The van der Waals surface area contributed by atoms with Gasteiger partial charge in [-0.3, -0.25) is 10.1 Å². The molecular weight excluding hydrogens is 244 g/mol. The lowest BCUT2D eigenvalue weighted by molar-refractivity contribution is 0.102. The predicted molar refractivity (Wildman–Crippen MR) is 75.5 cm³/mol. The van der Waals surface area contributed by atoms with Gasteiger partial charge in [0.2, 0.25) is 0 Å². The van der Waals surface area contributed by atoms with Crippen molar-refractivity contribution in [3.63, 3.8) is 0 Å². The van der Waals surface area contributed by atoms with Crippen LogP contribution in [0.1, 0.15) is 32.1 Å². The van der Waals surface area contributed by atoms with E-state index in [4.69, 9.17) is 0 Å². The van der Waals surface area contributed by atoms with Gasteiger partial charge in [-0.1, -0.05) is 12.1 Å². The lowest BCUT2D eigenvalue weighted by Gasteiger charge is -2.07. The Balaban J connectivity index is 2.24. The Bertz CT molecular complexity index is 582. The van der Waals surface area contributed by atoms with Crippen LogP contribution in [0.4, 0.5) is 5.13 Å². The molecule has 0 saturated carbocycles. The van der Waals surface area contributed by atoms with Crippen molar-refractivity contribution in [2.45, 2.75) is 27.7 Å². The van der Waals surface area contributed by atoms with E-state index in [2.05, 4.69) is 10.3 Å². The molecule has 0 saturated heterocycles. The summed E-state index contributed by atoms with van der Waals surface area (Å²) in [7, 11) is 0. The molecule has 0 atom stereocenters. The zero-order valence-corrected chi connectivity index (χ0v) is 11.8. The molecule has 0 aliphatic rings. The van der Waals surface area contributed by atoms with Crippen LogP contribution in [-0.4, -0.2) is 10.9 Å². The quantitative estimate of drug-likeness (QED) is 0.896. The maximum atomic E-state index is 12.2. The number of rotatable bonds is 2. The van der Waals surface area contributed by atoms with E-state index in [0.717, 1.165) is 21.7 Å². The minimum absolute atomic E-state index is 0.0926. The number of nitrogens with one attached hydrogen (secondary N) is 1. The van der Waals surface area contributed by atoms with Gasteiger partial charge in [-0.2, -0.15) is 0 Å².